The van der Waals surface area contributed by atoms with Crippen molar-refractivity contribution in [2.45, 2.75) is 26.3 Å². The summed E-state index contributed by atoms with van der Waals surface area (Å²) in [4.78, 5) is 14.0. The second kappa shape index (κ2) is 4.34. The van der Waals surface area contributed by atoms with Gasteiger partial charge >= 0.3 is 0 Å². The number of carbonyl (C=O) groups excluding carboxylic acids is 1. The van der Waals surface area contributed by atoms with E-state index in [9.17, 15) is 4.79 Å². The summed E-state index contributed by atoms with van der Waals surface area (Å²) in [5.41, 5.74) is 0.152. The Morgan fingerprint density at radius 1 is 1.50 bits per heavy atom. The van der Waals surface area contributed by atoms with Crippen LogP contribution in [0.3, 0.4) is 0 Å². The average Bonchev–Trinajstić information content (AvgIpc) is 2.72. The quantitative estimate of drug-likeness (QED) is 0.713. The molecule has 0 saturated carbocycles. The predicted molar refractivity (Wildman–Crippen MR) is 64.2 cm³/mol. The van der Waals surface area contributed by atoms with Gasteiger partial charge in [0.1, 0.15) is 0 Å². The fraction of sp³-hybridized carbons (Fsp3) is 0.917. The number of likely N-dealkylation sites (N-methyl/N-ethyl adjacent to an activating group) is 1. The van der Waals surface area contributed by atoms with E-state index in [1.54, 1.807) is 0 Å². The molecule has 0 bridgehead atoms. The molecule has 2 aliphatic heterocycles. The van der Waals surface area contributed by atoms with E-state index in [0.29, 0.717) is 12.5 Å². The molecule has 2 fully saturated rings. The molecule has 0 aromatic heterocycles. The lowest BCUT2D eigenvalue weighted by Gasteiger charge is -2.35. The molecular weight excluding hydrogens is 202 g/mol. The summed E-state index contributed by atoms with van der Waals surface area (Å²) in [5.74, 6) is 1.58. The summed E-state index contributed by atoms with van der Waals surface area (Å²) < 4.78 is 0. The van der Waals surface area contributed by atoms with E-state index in [-0.39, 0.29) is 11.4 Å². The lowest BCUT2D eigenvalue weighted by Crippen LogP contribution is -2.48. The number of carbonyl (C=O) groups is 1. The molecule has 4 nitrogen and oxygen atoms in total. The van der Waals surface area contributed by atoms with Gasteiger partial charge in [0.25, 0.3) is 0 Å². The second-order valence-corrected chi connectivity index (χ2v) is 5.51. The fourth-order valence-corrected chi connectivity index (χ4v) is 3.20. The Kier molecular flexibility index (Phi) is 3.22. The highest BCUT2D eigenvalue weighted by molar-refractivity contribution is 5.78. The number of nitrogens with zero attached hydrogens (tertiary/aromatic N) is 1. The molecule has 2 rings (SSSR count). The van der Waals surface area contributed by atoms with Crippen molar-refractivity contribution in [2.24, 2.45) is 11.8 Å². The van der Waals surface area contributed by atoms with Crippen LogP contribution >= 0.6 is 0 Å². The molecule has 2 N–H and O–H groups in total. The van der Waals surface area contributed by atoms with Gasteiger partial charge < -0.3 is 10.6 Å². The highest BCUT2D eigenvalue weighted by atomic mass is 16.2. The van der Waals surface area contributed by atoms with Gasteiger partial charge in [0.15, 0.2) is 0 Å². The lowest BCUT2D eigenvalue weighted by atomic mass is 9.85. The van der Waals surface area contributed by atoms with Crippen molar-refractivity contribution in [1.29, 1.82) is 0 Å². The van der Waals surface area contributed by atoms with Crippen LogP contribution < -0.4 is 10.6 Å². The standard InChI is InChI=1S/C12H23N3O/c1-4-14-11(16)8-15-7-9-5-13-6-10(9)12(15,2)3/h9-10,13H,4-8H2,1-3H3,(H,14,16). The van der Waals surface area contributed by atoms with Crippen molar-refractivity contribution in [2.75, 3.05) is 32.7 Å². The molecule has 0 aliphatic carbocycles. The number of fused-ring (bicyclic) bond motifs is 1. The summed E-state index contributed by atoms with van der Waals surface area (Å²) in [6.45, 7) is 11.0. The zero-order valence-electron chi connectivity index (χ0n) is 10.5. The minimum absolute atomic E-state index is 0.152. The van der Waals surface area contributed by atoms with E-state index in [1.165, 1.54) is 0 Å². The maximum Gasteiger partial charge on any atom is 0.234 e. The third kappa shape index (κ3) is 1.96. The Morgan fingerprint density at radius 3 is 2.88 bits per heavy atom. The van der Waals surface area contributed by atoms with Crippen molar-refractivity contribution < 1.29 is 4.79 Å². The number of nitrogens with one attached hydrogen (secondary N) is 2. The molecule has 2 unspecified atom stereocenters. The van der Waals surface area contributed by atoms with Crippen LogP contribution in [0.1, 0.15) is 20.8 Å². The topological polar surface area (TPSA) is 44.4 Å². The van der Waals surface area contributed by atoms with E-state index in [0.717, 1.165) is 32.1 Å². The molecule has 16 heavy (non-hydrogen) atoms. The van der Waals surface area contributed by atoms with E-state index < -0.39 is 0 Å². The molecule has 0 spiro atoms. The van der Waals surface area contributed by atoms with Crippen LogP contribution in [0, 0.1) is 11.8 Å². The molecule has 2 atom stereocenters. The Balaban J connectivity index is 1.98. The van der Waals surface area contributed by atoms with E-state index in [4.69, 9.17) is 0 Å². The van der Waals surface area contributed by atoms with Crippen LogP contribution in [0.25, 0.3) is 0 Å². The summed E-state index contributed by atoms with van der Waals surface area (Å²) >= 11 is 0. The van der Waals surface area contributed by atoms with Gasteiger partial charge in [-0.1, -0.05) is 0 Å². The van der Waals surface area contributed by atoms with Crippen LogP contribution in [0.5, 0.6) is 0 Å². The molecule has 4 heteroatoms. The number of hydrogen-bond acceptors (Lipinski definition) is 3. The summed E-state index contributed by atoms with van der Waals surface area (Å²) in [6.07, 6.45) is 0. The van der Waals surface area contributed by atoms with Gasteiger partial charge in [-0.3, -0.25) is 9.69 Å². The first-order valence-electron chi connectivity index (χ1n) is 6.28. The maximum atomic E-state index is 11.6. The highest BCUT2D eigenvalue weighted by Crippen LogP contribution is 2.40. The molecule has 0 aromatic rings. The molecule has 1 amide bonds. The van der Waals surface area contributed by atoms with E-state index >= 15 is 0 Å². The number of amides is 1. The van der Waals surface area contributed by atoms with Crippen LogP contribution in [0.2, 0.25) is 0 Å². The third-order valence-corrected chi connectivity index (χ3v) is 4.23. The van der Waals surface area contributed by atoms with Gasteiger partial charge in [-0.05, 0) is 39.2 Å². The Labute approximate surface area is 97.8 Å². The minimum atomic E-state index is 0.152. The van der Waals surface area contributed by atoms with Gasteiger partial charge in [-0.2, -0.15) is 0 Å². The number of hydrogen-bond donors (Lipinski definition) is 2. The van der Waals surface area contributed by atoms with Crippen molar-refractivity contribution in [1.82, 2.24) is 15.5 Å². The SMILES string of the molecule is CCNC(=O)CN1CC2CNCC2C1(C)C. The van der Waals surface area contributed by atoms with Crippen LogP contribution in [-0.4, -0.2) is 49.1 Å². The third-order valence-electron chi connectivity index (χ3n) is 4.23. The van der Waals surface area contributed by atoms with E-state index in [2.05, 4.69) is 29.4 Å². The van der Waals surface area contributed by atoms with Crippen molar-refractivity contribution in [3.8, 4) is 0 Å². The monoisotopic (exact) mass is 225 g/mol. The minimum Gasteiger partial charge on any atom is -0.355 e. The largest absolute Gasteiger partial charge is 0.355 e. The first-order valence-corrected chi connectivity index (χ1v) is 6.28. The first kappa shape index (κ1) is 11.9. The lowest BCUT2D eigenvalue weighted by molar-refractivity contribution is -0.123. The molecule has 92 valence electrons. The van der Waals surface area contributed by atoms with Crippen molar-refractivity contribution >= 4 is 5.91 Å². The molecule has 0 radical (unpaired) electrons. The molecule has 2 saturated heterocycles. The van der Waals surface area contributed by atoms with Crippen LogP contribution in [0.4, 0.5) is 0 Å². The average molecular weight is 225 g/mol. The zero-order chi connectivity index (χ0) is 11.8. The van der Waals surface area contributed by atoms with Gasteiger partial charge in [-0.15, -0.1) is 0 Å². The fourth-order valence-electron chi connectivity index (χ4n) is 3.20. The van der Waals surface area contributed by atoms with Crippen molar-refractivity contribution in [3.63, 3.8) is 0 Å². The van der Waals surface area contributed by atoms with Crippen LogP contribution in [0.15, 0.2) is 0 Å². The highest BCUT2D eigenvalue weighted by Gasteiger charge is 2.49. The zero-order valence-corrected chi connectivity index (χ0v) is 10.5. The molecule has 2 heterocycles. The predicted octanol–water partition coefficient (Wildman–Crippen LogP) is 0.0523. The number of rotatable bonds is 3. The molecular formula is C12H23N3O. The Morgan fingerprint density at radius 2 is 2.25 bits per heavy atom. The Hall–Kier alpha value is -0.610. The van der Waals surface area contributed by atoms with Crippen molar-refractivity contribution in [3.05, 3.63) is 0 Å². The second-order valence-electron chi connectivity index (χ2n) is 5.51. The molecule has 0 aromatic carbocycles. The summed E-state index contributed by atoms with van der Waals surface area (Å²) in [5, 5.41) is 6.33. The smallest absolute Gasteiger partial charge is 0.234 e. The van der Waals surface area contributed by atoms with Gasteiger partial charge in [-0.25, -0.2) is 0 Å². The maximum absolute atomic E-state index is 11.6. The van der Waals surface area contributed by atoms with Gasteiger partial charge in [0.2, 0.25) is 5.91 Å². The van der Waals surface area contributed by atoms with Gasteiger partial charge in [0.05, 0.1) is 6.54 Å². The summed E-state index contributed by atoms with van der Waals surface area (Å²) in [6, 6.07) is 0. The number of likely N-dealkylation sites (tertiary alicyclic amines) is 1. The first-order chi connectivity index (χ1) is 7.55. The van der Waals surface area contributed by atoms with E-state index in [1.807, 2.05) is 6.92 Å². The van der Waals surface area contributed by atoms with Crippen LogP contribution in [-0.2, 0) is 4.79 Å². The Bertz CT molecular complexity index is 277. The summed E-state index contributed by atoms with van der Waals surface area (Å²) in [7, 11) is 0. The van der Waals surface area contributed by atoms with Gasteiger partial charge in [0, 0.05) is 25.2 Å². The molecule has 2 aliphatic rings. The normalized spacial score (nSPS) is 32.7.